The molecule has 2 fully saturated rings. The first-order valence-corrected chi connectivity index (χ1v) is 9.02. The second-order valence-electron chi connectivity index (χ2n) is 6.24. The van der Waals surface area contributed by atoms with Crippen LogP contribution in [-0.4, -0.2) is 35.5 Å². The molecule has 0 spiro atoms. The van der Waals surface area contributed by atoms with Crippen LogP contribution in [0, 0.1) is 18.8 Å². The van der Waals surface area contributed by atoms with Crippen molar-refractivity contribution in [3.8, 4) is 0 Å². The Kier molecular flexibility index (Phi) is 6.92. The van der Waals surface area contributed by atoms with Crippen LogP contribution in [0.5, 0.6) is 0 Å². The van der Waals surface area contributed by atoms with Gasteiger partial charge in [-0.2, -0.15) is 0 Å². The number of nitrogens with zero attached hydrogens (tertiary/aromatic N) is 3. The normalized spacial score (nSPS) is 24.8. The summed E-state index contributed by atoms with van der Waals surface area (Å²) in [6, 6.07) is 0. The van der Waals surface area contributed by atoms with Gasteiger partial charge in [-0.05, 0) is 38.5 Å². The second kappa shape index (κ2) is 8.47. The van der Waals surface area contributed by atoms with Crippen LogP contribution in [0.15, 0.2) is 11.2 Å². The molecule has 1 saturated heterocycles. The first kappa shape index (κ1) is 18.0. The van der Waals surface area contributed by atoms with Crippen LogP contribution in [0.1, 0.15) is 42.5 Å². The molecule has 6 heteroatoms. The Morgan fingerprint density at radius 1 is 1.36 bits per heavy atom. The highest BCUT2D eigenvalue weighted by atomic mass is 127. The first-order chi connectivity index (χ1) is 10.3. The SMILES string of the molecule is CCNC(=NCc1ncc(C)s1)N1CC2CCCCC2C1.I. The zero-order valence-corrected chi connectivity index (χ0v) is 16.7. The number of fused-ring (bicyclic) bond motifs is 1. The number of halogens is 1. The third-order valence-electron chi connectivity index (χ3n) is 4.64. The van der Waals surface area contributed by atoms with Gasteiger partial charge < -0.3 is 10.2 Å². The Morgan fingerprint density at radius 2 is 2.05 bits per heavy atom. The molecule has 22 heavy (non-hydrogen) atoms. The number of hydrogen-bond acceptors (Lipinski definition) is 3. The highest BCUT2D eigenvalue weighted by molar-refractivity contribution is 14.0. The molecule has 0 radical (unpaired) electrons. The van der Waals surface area contributed by atoms with E-state index in [4.69, 9.17) is 4.99 Å². The van der Waals surface area contributed by atoms with Crippen molar-refractivity contribution in [2.75, 3.05) is 19.6 Å². The zero-order valence-electron chi connectivity index (χ0n) is 13.5. The maximum atomic E-state index is 4.82. The Hall–Kier alpha value is -0.370. The van der Waals surface area contributed by atoms with Gasteiger partial charge >= 0.3 is 0 Å². The predicted octanol–water partition coefficient (Wildman–Crippen LogP) is 3.66. The van der Waals surface area contributed by atoms with Gasteiger partial charge in [0.15, 0.2) is 5.96 Å². The summed E-state index contributed by atoms with van der Waals surface area (Å²) >= 11 is 1.75. The maximum Gasteiger partial charge on any atom is 0.194 e. The van der Waals surface area contributed by atoms with E-state index in [0.29, 0.717) is 6.54 Å². The lowest BCUT2D eigenvalue weighted by Gasteiger charge is -2.22. The first-order valence-electron chi connectivity index (χ1n) is 8.21. The Bertz CT molecular complexity index is 488. The van der Waals surface area contributed by atoms with Gasteiger partial charge in [-0.15, -0.1) is 35.3 Å². The van der Waals surface area contributed by atoms with Crippen molar-refractivity contribution in [2.45, 2.75) is 46.1 Å². The van der Waals surface area contributed by atoms with Crippen LogP contribution in [0.25, 0.3) is 0 Å². The minimum atomic E-state index is 0. The van der Waals surface area contributed by atoms with E-state index < -0.39 is 0 Å². The van der Waals surface area contributed by atoms with Crippen LogP contribution >= 0.6 is 35.3 Å². The molecule has 1 aliphatic heterocycles. The standard InChI is InChI=1S/C16H26N4S.HI/c1-3-17-16(19-9-15-18-8-12(2)21-15)20-10-13-6-4-5-7-14(13)11-20;/h8,13-14H,3-7,9-11H2,1-2H3,(H,17,19);1H. The lowest BCUT2D eigenvalue weighted by atomic mass is 9.82. The molecule has 0 amide bonds. The summed E-state index contributed by atoms with van der Waals surface area (Å²) in [5.74, 6) is 2.87. The number of rotatable bonds is 3. The fourth-order valence-corrected chi connectivity index (χ4v) is 4.33. The monoisotopic (exact) mass is 434 g/mol. The summed E-state index contributed by atoms with van der Waals surface area (Å²) in [6.45, 7) is 8.25. The van der Waals surface area contributed by atoms with Gasteiger partial charge in [0.05, 0.1) is 6.54 Å². The number of guanidine groups is 1. The summed E-state index contributed by atoms with van der Waals surface area (Å²) in [4.78, 5) is 13.0. The van der Waals surface area contributed by atoms with Gasteiger partial charge in [0.1, 0.15) is 5.01 Å². The van der Waals surface area contributed by atoms with Crippen LogP contribution in [0.2, 0.25) is 0 Å². The molecule has 1 aromatic heterocycles. The average Bonchev–Trinajstić information content (AvgIpc) is 3.09. The van der Waals surface area contributed by atoms with Gasteiger partial charge in [-0.3, -0.25) is 0 Å². The van der Waals surface area contributed by atoms with E-state index in [-0.39, 0.29) is 24.0 Å². The smallest absolute Gasteiger partial charge is 0.194 e. The summed E-state index contributed by atoms with van der Waals surface area (Å²) in [5, 5.41) is 4.57. The quantitative estimate of drug-likeness (QED) is 0.449. The number of aromatic nitrogens is 1. The fraction of sp³-hybridized carbons (Fsp3) is 0.750. The number of hydrogen-bond donors (Lipinski definition) is 1. The van der Waals surface area contributed by atoms with E-state index >= 15 is 0 Å². The van der Waals surface area contributed by atoms with E-state index in [1.807, 2.05) is 6.20 Å². The van der Waals surface area contributed by atoms with Gasteiger partial charge in [0.25, 0.3) is 0 Å². The summed E-state index contributed by atoms with van der Waals surface area (Å²) in [6.07, 6.45) is 7.59. The highest BCUT2D eigenvalue weighted by Gasteiger charge is 2.35. The molecule has 1 N–H and O–H groups in total. The lowest BCUT2D eigenvalue weighted by Crippen LogP contribution is -2.40. The molecule has 4 nitrogen and oxygen atoms in total. The second-order valence-corrected chi connectivity index (χ2v) is 7.56. The molecule has 2 atom stereocenters. The lowest BCUT2D eigenvalue weighted by molar-refractivity contribution is 0.299. The van der Waals surface area contributed by atoms with Crippen molar-refractivity contribution in [1.82, 2.24) is 15.2 Å². The van der Waals surface area contributed by atoms with Gasteiger partial charge in [-0.25, -0.2) is 9.98 Å². The van der Waals surface area contributed by atoms with Crippen LogP contribution in [0.4, 0.5) is 0 Å². The fourth-order valence-electron chi connectivity index (χ4n) is 3.62. The zero-order chi connectivity index (χ0) is 14.7. The number of aliphatic imine (C=N–C) groups is 1. The van der Waals surface area contributed by atoms with Gasteiger partial charge in [0.2, 0.25) is 0 Å². The molecule has 1 aromatic rings. The summed E-state index contributed by atoms with van der Waals surface area (Å²) in [7, 11) is 0. The minimum absolute atomic E-state index is 0. The molecular formula is C16H27IN4S. The molecule has 2 heterocycles. The topological polar surface area (TPSA) is 40.5 Å². The van der Waals surface area contributed by atoms with Gasteiger partial charge in [0, 0.05) is 30.7 Å². The molecule has 3 rings (SSSR count). The molecule has 2 unspecified atom stereocenters. The molecular weight excluding hydrogens is 407 g/mol. The van der Waals surface area contributed by atoms with Crippen molar-refractivity contribution in [3.63, 3.8) is 0 Å². The van der Waals surface area contributed by atoms with Crippen molar-refractivity contribution >= 4 is 41.3 Å². The highest BCUT2D eigenvalue weighted by Crippen LogP contribution is 2.35. The third kappa shape index (κ3) is 4.34. The largest absolute Gasteiger partial charge is 0.357 e. The molecule has 0 aromatic carbocycles. The maximum absolute atomic E-state index is 4.82. The Balaban J connectivity index is 0.00000176. The number of aryl methyl sites for hydroxylation is 1. The average molecular weight is 434 g/mol. The predicted molar refractivity (Wildman–Crippen MR) is 104 cm³/mol. The molecule has 124 valence electrons. The number of nitrogens with one attached hydrogen (secondary N) is 1. The van der Waals surface area contributed by atoms with E-state index in [2.05, 4.69) is 29.0 Å². The number of thiazole rings is 1. The molecule has 1 saturated carbocycles. The van der Waals surface area contributed by atoms with Crippen molar-refractivity contribution in [1.29, 1.82) is 0 Å². The Morgan fingerprint density at radius 3 is 2.59 bits per heavy atom. The summed E-state index contributed by atoms with van der Waals surface area (Å²) < 4.78 is 0. The third-order valence-corrected chi connectivity index (χ3v) is 5.54. The van der Waals surface area contributed by atoms with Crippen molar-refractivity contribution in [3.05, 3.63) is 16.1 Å². The van der Waals surface area contributed by atoms with Crippen molar-refractivity contribution < 1.29 is 0 Å². The van der Waals surface area contributed by atoms with E-state index in [0.717, 1.165) is 29.3 Å². The summed E-state index contributed by atoms with van der Waals surface area (Å²) in [5.41, 5.74) is 0. The Labute approximate surface area is 154 Å². The molecule has 0 bridgehead atoms. The van der Waals surface area contributed by atoms with Crippen LogP contribution in [0.3, 0.4) is 0 Å². The minimum Gasteiger partial charge on any atom is -0.357 e. The van der Waals surface area contributed by atoms with Gasteiger partial charge in [-0.1, -0.05) is 12.8 Å². The number of likely N-dealkylation sites (tertiary alicyclic amines) is 1. The van der Waals surface area contributed by atoms with Crippen LogP contribution in [-0.2, 0) is 6.54 Å². The van der Waals surface area contributed by atoms with E-state index in [1.54, 1.807) is 11.3 Å². The van der Waals surface area contributed by atoms with Crippen LogP contribution < -0.4 is 5.32 Å². The van der Waals surface area contributed by atoms with Crippen molar-refractivity contribution in [2.24, 2.45) is 16.8 Å². The van der Waals surface area contributed by atoms with E-state index in [9.17, 15) is 0 Å². The molecule has 1 aliphatic carbocycles. The molecule has 2 aliphatic rings. The van der Waals surface area contributed by atoms with E-state index in [1.165, 1.54) is 43.6 Å².